The van der Waals surface area contributed by atoms with Crippen LogP contribution in [0.15, 0.2) is 76.7 Å². The van der Waals surface area contributed by atoms with Crippen molar-refractivity contribution in [2.24, 2.45) is 5.10 Å². The molecule has 3 rings (SSSR count). The van der Waals surface area contributed by atoms with Gasteiger partial charge in [0.25, 0.3) is 15.7 Å². The van der Waals surface area contributed by atoms with Gasteiger partial charge in [-0.15, -0.1) is 0 Å². The highest BCUT2D eigenvalue weighted by molar-refractivity contribution is 7.92. The SMILES string of the molecule is COc1ccc(/C(C)=N/Nc2ccc(S(=O)(=O)Nc3cccc(Cl)c3)cc2[N+](=O)[O-])cc1. The van der Waals surface area contributed by atoms with Crippen molar-refractivity contribution in [3.05, 3.63) is 87.4 Å². The number of nitrogens with zero attached hydrogens (tertiary/aromatic N) is 2. The summed E-state index contributed by atoms with van der Waals surface area (Å²) in [7, 11) is -2.51. The number of hydrogen-bond donors (Lipinski definition) is 2. The van der Waals surface area contributed by atoms with Gasteiger partial charge in [-0.3, -0.25) is 20.3 Å². The Morgan fingerprint density at radius 2 is 1.81 bits per heavy atom. The van der Waals surface area contributed by atoms with Crippen LogP contribution in [-0.2, 0) is 10.0 Å². The van der Waals surface area contributed by atoms with Gasteiger partial charge >= 0.3 is 0 Å². The van der Waals surface area contributed by atoms with E-state index in [1.54, 1.807) is 50.4 Å². The van der Waals surface area contributed by atoms with Gasteiger partial charge < -0.3 is 4.74 Å². The van der Waals surface area contributed by atoms with E-state index in [2.05, 4.69) is 15.2 Å². The highest BCUT2D eigenvalue weighted by atomic mass is 35.5. The molecule has 0 aliphatic heterocycles. The molecule has 0 aliphatic carbocycles. The minimum absolute atomic E-state index is 0.0459. The fraction of sp³-hybridized carbons (Fsp3) is 0.0952. The molecule has 166 valence electrons. The molecule has 2 N–H and O–H groups in total. The predicted molar refractivity (Wildman–Crippen MR) is 124 cm³/mol. The second-order valence-corrected chi connectivity index (χ2v) is 8.71. The van der Waals surface area contributed by atoms with Crippen molar-refractivity contribution in [1.82, 2.24) is 0 Å². The number of ether oxygens (including phenoxy) is 1. The van der Waals surface area contributed by atoms with Crippen LogP contribution < -0.4 is 14.9 Å². The van der Waals surface area contributed by atoms with Gasteiger partial charge in [-0.05, 0) is 67.1 Å². The van der Waals surface area contributed by atoms with Crippen molar-refractivity contribution >= 4 is 44.4 Å². The molecule has 0 spiro atoms. The summed E-state index contributed by atoms with van der Waals surface area (Å²) >= 11 is 5.88. The van der Waals surface area contributed by atoms with Crippen LogP contribution in [0.2, 0.25) is 5.02 Å². The zero-order valence-corrected chi connectivity index (χ0v) is 18.6. The predicted octanol–water partition coefficient (Wildman–Crippen LogP) is 4.89. The number of nitro benzene ring substituents is 1. The molecule has 0 amide bonds. The van der Waals surface area contributed by atoms with Crippen molar-refractivity contribution in [2.75, 3.05) is 17.3 Å². The second kappa shape index (κ2) is 9.67. The summed E-state index contributed by atoms with van der Waals surface area (Å²) in [5, 5.41) is 16.1. The number of methoxy groups -OCH3 is 1. The van der Waals surface area contributed by atoms with E-state index in [-0.39, 0.29) is 16.3 Å². The summed E-state index contributed by atoms with van der Waals surface area (Å²) in [6.45, 7) is 1.73. The molecule has 0 saturated heterocycles. The highest BCUT2D eigenvalue weighted by Crippen LogP contribution is 2.29. The largest absolute Gasteiger partial charge is 0.497 e. The maximum Gasteiger partial charge on any atom is 0.295 e. The molecule has 32 heavy (non-hydrogen) atoms. The quantitative estimate of drug-likeness (QED) is 0.272. The van der Waals surface area contributed by atoms with Crippen LogP contribution in [0.4, 0.5) is 17.1 Å². The Morgan fingerprint density at radius 1 is 1.09 bits per heavy atom. The van der Waals surface area contributed by atoms with Crippen molar-refractivity contribution in [3.63, 3.8) is 0 Å². The smallest absolute Gasteiger partial charge is 0.295 e. The number of hydrazone groups is 1. The second-order valence-electron chi connectivity index (χ2n) is 6.59. The van der Waals surface area contributed by atoms with Gasteiger partial charge in [0.15, 0.2) is 0 Å². The molecular formula is C21H19ClN4O5S. The van der Waals surface area contributed by atoms with E-state index in [0.29, 0.717) is 16.5 Å². The van der Waals surface area contributed by atoms with Crippen LogP contribution in [0, 0.1) is 10.1 Å². The number of anilines is 2. The summed E-state index contributed by atoms with van der Waals surface area (Å²) < 4.78 is 32.8. The highest BCUT2D eigenvalue weighted by Gasteiger charge is 2.22. The molecule has 0 aromatic heterocycles. The minimum atomic E-state index is -4.07. The van der Waals surface area contributed by atoms with Gasteiger partial charge in [0.05, 0.1) is 28.3 Å². The lowest BCUT2D eigenvalue weighted by Crippen LogP contribution is -2.13. The third kappa shape index (κ3) is 5.54. The Balaban J connectivity index is 1.86. The van der Waals surface area contributed by atoms with E-state index in [1.807, 2.05) is 0 Å². The summed E-state index contributed by atoms with van der Waals surface area (Å²) in [6, 6.07) is 16.8. The zero-order valence-electron chi connectivity index (χ0n) is 17.1. The lowest BCUT2D eigenvalue weighted by Gasteiger charge is -2.10. The molecule has 0 aliphatic rings. The van der Waals surface area contributed by atoms with E-state index < -0.39 is 20.6 Å². The Morgan fingerprint density at radius 3 is 2.44 bits per heavy atom. The van der Waals surface area contributed by atoms with Gasteiger partial charge in [-0.25, -0.2) is 8.42 Å². The lowest BCUT2D eigenvalue weighted by molar-refractivity contribution is -0.384. The van der Waals surface area contributed by atoms with Crippen molar-refractivity contribution < 1.29 is 18.1 Å². The summed E-state index contributed by atoms with van der Waals surface area (Å²) in [6.07, 6.45) is 0. The normalized spacial score (nSPS) is 11.7. The monoisotopic (exact) mass is 474 g/mol. The first-order valence-electron chi connectivity index (χ1n) is 9.21. The summed E-state index contributed by atoms with van der Waals surface area (Å²) in [5.74, 6) is 0.688. The Kier molecular flexibility index (Phi) is 6.96. The number of sulfonamides is 1. The van der Waals surface area contributed by atoms with Crippen LogP contribution in [-0.4, -0.2) is 26.2 Å². The number of hydrogen-bond acceptors (Lipinski definition) is 7. The van der Waals surface area contributed by atoms with Crippen molar-refractivity contribution in [3.8, 4) is 5.75 Å². The molecule has 0 heterocycles. The first-order chi connectivity index (χ1) is 15.2. The molecule has 0 unspecified atom stereocenters. The molecule has 0 saturated carbocycles. The van der Waals surface area contributed by atoms with E-state index in [0.717, 1.165) is 11.6 Å². The first kappa shape index (κ1) is 23.0. The average Bonchev–Trinajstić information content (AvgIpc) is 2.77. The molecule has 0 fully saturated rings. The molecule has 9 nitrogen and oxygen atoms in total. The maximum absolute atomic E-state index is 12.7. The standard InChI is InChI=1S/C21H19ClN4O5S/c1-14(15-6-8-18(31-2)9-7-15)23-24-20-11-10-19(13-21(20)26(27)28)32(29,30)25-17-5-3-4-16(22)12-17/h3-13,24-25H,1-2H3/b23-14+. The van der Waals surface area contributed by atoms with Gasteiger partial charge in [0.2, 0.25) is 0 Å². The van der Waals surface area contributed by atoms with Crippen LogP contribution in [0.3, 0.4) is 0 Å². The Bertz CT molecular complexity index is 1280. The number of nitro groups is 1. The van der Waals surface area contributed by atoms with E-state index in [4.69, 9.17) is 16.3 Å². The Hall–Kier alpha value is -3.63. The lowest BCUT2D eigenvalue weighted by atomic mass is 10.1. The summed E-state index contributed by atoms with van der Waals surface area (Å²) in [5.41, 5.74) is 3.84. The minimum Gasteiger partial charge on any atom is -0.497 e. The number of nitrogens with one attached hydrogen (secondary N) is 2. The molecule has 3 aromatic carbocycles. The summed E-state index contributed by atoms with van der Waals surface area (Å²) in [4.78, 5) is 10.6. The first-order valence-corrected chi connectivity index (χ1v) is 11.1. The molecule has 0 radical (unpaired) electrons. The average molecular weight is 475 g/mol. The van der Waals surface area contributed by atoms with E-state index >= 15 is 0 Å². The molecule has 11 heteroatoms. The maximum atomic E-state index is 12.7. The zero-order chi connectivity index (χ0) is 23.3. The van der Waals surface area contributed by atoms with Gasteiger partial charge in [0, 0.05) is 11.1 Å². The van der Waals surface area contributed by atoms with Crippen LogP contribution >= 0.6 is 11.6 Å². The van der Waals surface area contributed by atoms with Crippen LogP contribution in [0.5, 0.6) is 5.75 Å². The van der Waals surface area contributed by atoms with Crippen molar-refractivity contribution in [1.29, 1.82) is 0 Å². The van der Waals surface area contributed by atoms with Gasteiger partial charge in [-0.1, -0.05) is 17.7 Å². The number of benzene rings is 3. The van der Waals surface area contributed by atoms with Crippen LogP contribution in [0.25, 0.3) is 0 Å². The third-order valence-electron chi connectivity index (χ3n) is 4.40. The fourth-order valence-electron chi connectivity index (χ4n) is 2.73. The fourth-order valence-corrected chi connectivity index (χ4v) is 3.99. The molecule has 0 atom stereocenters. The topological polar surface area (TPSA) is 123 Å². The Labute approximate surface area is 189 Å². The van der Waals surface area contributed by atoms with E-state index in [1.165, 1.54) is 24.3 Å². The number of rotatable bonds is 8. The van der Waals surface area contributed by atoms with Crippen LogP contribution in [0.1, 0.15) is 12.5 Å². The molecule has 3 aromatic rings. The van der Waals surface area contributed by atoms with E-state index in [9.17, 15) is 18.5 Å². The van der Waals surface area contributed by atoms with Gasteiger partial charge in [0.1, 0.15) is 11.4 Å². The third-order valence-corrected chi connectivity index (χ3v) is 6.02. The molecule has 0 bridgehead atoms. The van der Waals surface area contributed by atoms with Crippen molar-refractivity contribution in [2.45, 2.75) is 11.8 Å². The van der Waals surface area contributed by atoms with Gasteiger partial charge in [-0.2, -0.15) is 5.10 Å². The number of halogens is 1. The molecular weight excluding hydrogens is 456 g/mol.